The highest BCUT2D eigenvalue weighted by molar-refractivity contribution is 7.92. The largest absolute Gasteiger partial charge is 0.496 e. The lowest BCUT2D eigenvalue weighted by Gasteiger charge is -2.30. The van der Waals surface area contributed by atoms with Crippen LogP contribution in [0.25, 0.3) is 0 Å². The molecule has 4 nitrogen and oxygen atoms in total. The minimum absolute atomic E-state index is 0.154. The van der Waals surface area contributed by atoms with Gasteiger partial charge in [0.25, 0.3) is 0 Å². The smallest absolute Gasteiger partial charge is 0.155 e. The Morgan fingerprint density at radius 1 is 1.24 bits per heavy atom. The summed E-state index contributed by atoms with van der Waals surface area (Å²) in [6.07, 6.45) is 2.50. The van der Waals surface area contributed by atoms with Crippen LogP contribution in [0.1, 0.15) is 42.0 Å². The van der Waals surface area contributed by atoms with E-state index in [2.05, 4.69) is 5.32 Å². The number of hydrogen-bond donors (Lipinski definition) is 1. The van der Waals surface area contributed by atoms with E-state index in [0.29, 0.717) is 5.75 Å². The Labute approximate surface area is 127 Å². The Bertz CT molecular complexity index is 587. The molecule has 0 radical (unpaired) electrons. The second-order valence-corrected chi connectivity index (χ2v) is 8.19. The third-order valence-corrected chi connectivity index (χ3v) is 6.65. The average molecular weight is 311 g/mol. The minimum atomic E-state index is -3.02. The SMILES string of the molecule is CNC(c1cc(C)c(OC)c(C)c1)C1CCCCS1(=O)=O. The maximum atomic E-state index is 12.4. The quantitative estimate of drug-likeness (QED) is 0.928. The fraction of sp³-hybridized carbons (Fsp3) is 0.625. The molecular weight excluding hydrogens is 286 g/mol. The van der Waals surface area contributed by atoms with Gasteiger partial charge in [0.15, 0.2) is 9.84 Å². The van der Waals surface area contributed by atoms with E-state index in [1.165, 1.54) is 0 Å². The average Bonchev–Trinajstić information content (AvgIpc) is 2.41. The standard InChI is InChI=1S/C16H25NO3S/c1-11-9-13(10-12(2)16(11)20-4)15(17-3)14-7-5-6-8-21(14,18)19/h9-10,14-15,17H,5-8H2,1-4H3. The van der Waals surface area contributed by atoms with Crippen molar-refractivity contribution in [2.75, 3.05) is 19.9 Å². The molecule has 1 aromatic carbocycles. The van der Waals surface area contributed by atoms with Crippen LogP contribution < -0.4 is 10.1 Å². The first-order valence-corrected chi connectivity index (χ1v) is 9.16. The van der Waals surface area contributed by atoms with Crippen LogP contribution in [0.3, 0.4) is 0 Å². The van der Waals surface area contributed by atoms with Gasteiger partial charge in [0.1, 0.15) is 5.75 Å². The predicted octanol–water partition coefficient (Wildman–Crippen LogP) is 2.54. The molecule has 2 unspecified atom stereocenters. The summed E-state index contributed by atoms with van der Waals surface area (Å²) >= 11 is 0. The molecule has 1 aliphatic rings. The van der Waals surface area contributed by atoms with Gasteiger partial charge in [0, 0.05) is 6.04 Å². The lowest BCUT2D eigenvalue weighted by Crippen LogP contribution is -2.39. The van der Waals surface area contributed by atoms with Gasteiger partial charge in [-0.05, 0) is 50.4 Å². The molecule has 0 aliphatic carbocycles. The van der Waals surface area contributed by atoms with Crippen molar-refractivity contribution >= 4 is 9.84 Å². The van der Waals surface area contributed by atoms with Crippen LogP contribution in [-0.4, -0.2) is 33.6 Å². The highest BCUT2D eigenvalue weighted by Crippen LogP contribution is 2.34. The lowest BCUT2D eigenvalue weighted by molar-refractivity contribution is 0.407. The summed E-state index contributed by atoms with van der Waals surface area (Å²) in [5.74, 6) is 1.18. The summed E-state index contributed by atoms with van der Waals surface area (Å²) < 4.78 is 30.2. The maximum Gasteiger partial charge on any atom is 0.155 e. The minimum Gasteiger partial charge on any atom is -0.496 e. The summed E-state index contributed by atoms with van der Waals surface area (Å²) in [6, 6.07) is 3.92. The van der Waals surface area contributed by atoms with E-state index in [1.807, 2.05) is 33.0 Å². The summed E-state index contributed by atoms with van der Waals surface area (Å²) in [6.45, 7) is 3.99. The van der Waals surface area contributed by atoms with Crippen molar-refractivity contribution in [2.24, 2.45) is 0 Å². The number of methoxy groups -OCH3 is 1. The molecule has 1 aliphatic heterocycles. The predicted molar refractivity (Wildman–Crippen MR) is 85.7 cm³/mol. The van der Waals surface area contributed by atoms with Crippen LogP contribution in [0.15, 0.2) is 12.1 Å². The van der Waals surface area contributed by atoms with Gasteiger partial charge in [-0.2, -0.15) is 0 Å². The van der Waals surface area contributed by atoms with E-state index in [-0.39, 0.29) is 11.3 Å². The van der Waals surface area contributed by atoms with Crippen LogP contribution in [-0.2, 0) is 9.84 Å². The molecule has 1 aromatic rings. The van der Waals surface area contributed by atoms with Gasteiger partial charge >= 0.3 is 0 Å². The maximum absolute atomic E-state index is 12.4. The highest BCUT2D eigenvalue weighted by atomic mass is 32.2. The summed E-state index contributed by atoms with van der Waals surface area (Å²) in [4.78, 5) is 0. The van der Waals surface area contributed by atoms with Crippen LogP contribution in [0.2, 0.25) is 0 Å². The Kier molecular flexibility index (Phi) is 4.94. The van der Waals surface area contributed by atoms with E-state index in [0.717, 1.165) is 41.7 Å². The van der Waals surface area contributed by atoms with Gasteiger partial charge in [0.2, 0.25) is 0 Å². The molecular formula is C16H25NO3S. The van der Waals surface area contributed by atoms with E-state index in [9.17, 15) is 8.42 Å². The molecule has 0 aromatic heterocycles. The summed E-state index contributed by atoms with van der Waals surface area (Å²) in [5.41, 5.74) is 3.12. The Morgan fingerprint density at radius 3 is 2.33 bits per heavy atom. The molecule has 118 valence electrons. The van der Waals surface area contributed by atoms with Gasteiger partial charge in [-0.25, -0.2) is 8.42 Å². The first kappa shape index (κ1) is 16.3. The zero-order chi connectivity index (χ0) is 15.6. The Hall–Kier alpha value is -1.07. The van der Waals surface area contributed by atoms with Crippen molar-refractivity contribution in [3.05, 3.63) is 28.8 Å². The highest BCUT2D eigenvalue weighted by Gasteiger charge is 2.35. The van der Waals surface area contributed by atoms with Crippen molar-refractivity contribution in [3.63, 3.8) is 0 Å². The molecule has 0 amide bonds. The molecule has 0 spiro atoms. The topological polar surface area (TPSA) is 55.4 Å². The summed E-state index contributed by atoms with van der Waals surface area (Å²) in [5, 5.41) is 2.89. The van der Waals surface area contributed by atoms with Gasteiger partial charge in [-0.3, -0.25) is 0 Å². The van der Waals surface area contributed by atoms with Crippen LogP contribution in [0, 0.1) is 13.8 Å². The first-order valence-electron chi connectivity index (χ1n) is 7.44. The third-order valence-electron chi connectivity index (χ3n) is 4.36. The van der Waals surface area contributed by atoms with Crippen LogP contribution in [0.4, 0.5) is 0 Å². The van der Waals surface area contributed by atoms with Crippen molar-refractivity contribution < 1.29 is 13.2 Å². The number of benzene rings is 1. The number of hydrogen-bond acceptors (Lipinski definition) is 4. The molecule has 1 N–H and O–H groups in total. The second kappa shape index (κ2) is 6.36. The lowest BCUT2D eigenvalue weighted by atomic mass is 9.95. The molecule has 1 saturated heterocycles. The first-order chi connectivity index (χ1) is 9.90. The van der Waals surface area contributed by atoms with Gasteiger partial charge < -0.3 is 10.1 Å². The molecule has 5 heteroatoms. The molecule has 1 fully saturated rings. The number of nitrogens with one attached hydrogen (secondary N) is 1. The molecule has 1 heterocycles. The van der Waals surface area contributed by atoms with E-state index >= 15 is 0 Å². The summed E-state index contributed by atoms with van der Waals surface area (Å²) in [7, 11) is 0.482. The van der Waals surface area contributed by atoms with Crippen molar-refractivity contribution in [2.45, 2.75) is 44.4 Å². The van der Waals surface area contributed by atoms with Crippen molar-refractivity contribution in [1.29, 1.82) is 0 Å². The van der Waals surface area contributed by atoms with Gasteiger partial charge in [-0.15, -0.1) is 0 Å². The molecule has 21 heavy (non-hydrogen) atoms. The normalized spacial score (nSPS) is 22.8. The molecule has 0 saturated carbocycles. The van der Waals surface area contributed by atoms with E-state index < -0.39 is 9.84 Å². The Morgan fingerprint density at radius 2 is 1.86 bits per heavy atom. The van der Waals surface area contributed by atoms with E-state index in [4.69, 9.17) is 4.74 Å². The molecule has 2 atom stereocenters. The number of rotatable bonds is 4. The second-order valence-electron chi connectivity index (χ2n) is 5.86. The number of sulfone groups is 1. The Balaban J connectivity index is 2.42. The van der Waals surface area contributed by atoms with Gasteiger partial charge in [0.05, 0.1) is 18.1 Å². The number of ether oxygens (including phenoxy) is 1. The van der Waals surface area contributed by atoms with Gasteiger partial charge in [-0.1, -0.05) is 18.6 Å². The fourth-order valence-corrected chi connectivity index (χ4v) is 5.55. The number of aryl methyl sites for hydroxylation is 2. The van der Waals surface area contributed by atoms with Crippen molar-refractivity contribution in [3.8, 4) is 5.75 Å². The molecule has 2 rings (SSSR count). The molecule has 0 bridgehead atoms. The zero-order valence-corrected chi connectivity index (χ0v) is 14.1. The van der Waals surface area contributed by atoms with E-state index in [1.54, 1.807) is 7.11 Å². The van der Waals surface area contributed by atoms with Crippen LogP contribution >= 0.6 is 0 Å². The van der Waals surface area contributed by atoms with Crippen LogP contribution in [0.5, 0.6) is 5.75 Å². The monoisotopic (exact) mass is 311 g/mol. The van der Waals surface area contributed by atoms with Crippen molar-refractivity contribution in [1.82, 2.24) is 5.32 Å². The fourth-order valence-electron chi connectivity index (χ4n) is 3.41. The zero-order valence-electron chi connectivity index (χ0n) is 13.3. The third kappa shape index (κ3) is 3.24.